The standard InChI is InChI=1S/C8H10N2O/c11-8-3-2-7(6-9-8)10-4-1-5-10/h2-3,6H,1,4-5H2,(H,9,11). The van der Waals surface area contributed by atoms with Gasteiger partial charge in [0.1, 0.15) is 0 Å². The third-order valence-electron chi connectivity index (χ3n) is 1.99. The van der Waals surface area contributed by atoms with Crippen LogP contribution in [0.1, 0.15) is 6.42 Å². The lowest BCUT2D eigenvalue weighted by Crippen LogP contribution is -2.37. The molecule has 0 aliphatic carbocycles. The van der Waals surface area contributed by atoms with Crippen molar-refractivity contribution in [2.75, 3.05) is 18.0 Å². The highest BCUT2D eigenvalue weighted by Crippen LogP contribution is 2.16. The van der Waals surface area contributed by atoms with E-state index in [0.29, 0.717) is 0 Å². The molecule has 11 heavy (non-hydrogen) atoms. The van der Waals surface area contributed by atoms with Crippen LogP contribution >= 0.6 is 0 Å². The summed E-state index contributed by atoms with van der Waals surface area (Å²) in [6.07, 6.45) is 3.03. The number of hydrogen-bond acceptors (Lipinski definition) is 2. The number of pyridine rings is 1. The number of aromatic nitrogens is 1. The van der Waals surface area contributed by atoms with E-state index in [0.717, 1.165) is 18.8 Å². The maximum absolute atomic E-state index is 10.7. The molecule has 1 fully saturated rings. The van der Waals surface area contributed by atoms with Crippen LogP contribution in [0.15, 0.2) is 23.1 Å². The van der Waals surface area contributed by atoms with E-state index in [9.17, 15) is 4.79 Å². The fourth-order valence-corrected chi connectivity index (χ4v) is 1.17. The zero-order valence-electron chi connectivity index (χ0n) is 6.21. The third kappa shape index (κ3) is 1.13. The van der Waals surface area contributed by atoms with E-state index in [1.165, 1.54) is 6.42 Å². The molecule has 0 atom stereocenters. The Bertz CT molecular complexity index is 281. The monoisotopic (exact) mass is 150 g/mol. The Labute approximate surface area is 64.7 Å². The van der Waals surface area contributed by atoms with Crippen LogP contribution in [0.5, 0.6) is 0 Å². The molecule has 1 aliphatic rings. The SMILES string of the molecule is O=c1ccc(N2CCC2)c[nH]1. The molecule has 0 spiro atoms. The summed E-state index contributed by atoms with van der Waals surface area (Å²) in [4.78, 5) is 15.6. The highest BCUT2D eigenvalue weighted by atomic mass is 16.1. The van der Waals surface area contributed by atoms with Gasteiger partial charge in [0.2, 0.25) is 5.56 Å². The molecule has 58 valence electrons. The highest BCUT2D eigenvalue weighted by Gasteiger charge is 2.13. The summed E-state index contributed by atoms with van der Waals surface area (Å²) in [7, 11) is 0. The number of nitrogens with zero attached hydrogens (tertiary/aromatic N) is 1. The van der Waals surface area contributed by atoms with Gasteiger partial charge in [-0.25, -0.2) is 0 Å². The molecule has 1 N–H and O–H groups in total. The molecule has 3 heteroatoms. The van der Waals surface area contributed by atoms with Crippen LogP contribution in [-0.4, -0.2) is 18.1 Å². The van der Waals surface area contributed by atoms with Crippen LogP contribution < -0.4 is 10.5 Å². The van der Waals surface area contributed by atoms with Crippen molar-refractivity contribution in [2.24, 2.45) is 0 Å². The molecule has 0 amide bonds. The van der Waals surface area contributed by atoms with E-state index in [-0.39, 0.29) is 5.56 Å². The third-order valence-corrected chi connectivity index (χ3v) is 1.99. The summed E-state index contributed by atoms with van der Waals surface area (Å²) in [6.45, 7) is 2.23. The van der Waals surface area contributed by atoms with E-state index in [4.69, 9.17) is 0 Å². The first-order valence-electron chi connectivity index (χ1n) is 3.80. The Hall–Kier alpha value is -1.25. The van der Waals surface area contributed by atoms with Gasteiger partial charge in [-0.15, -0.1) is 0 Å². The molecule has 1 aliphatic heterocycles. The predicted molar refractivity (Wildman–Crippen MR) is 43.9 cm³/mol. The fraction of sp³-hybridized carbons (Fsp3) is 0.375. The van der Waals surface area contributed by atoms with E-state index in [2.05, 4.69) is 9.88 Å². The van der Waals surface area contributed by atoms with Crippen LogP contribution in [0.3, 0.4) is 0 Å². The van der Waals surface area contributed by atoms with E-state index < -0.39 is 0 Å². The van der Waals surface area contributed by atoms with Crippen molar-refractivity contribution in [1.82, 2.24) is 4.98 Å². The number of anilines is 1. The molecule has 0 aromatic carbocycles. The van der Waals surface area contributed by atoms with Gasteiger partial charge in [0, 0.05) is 25.4 Å². The molecule has 1 saturated heterocycles. The first-order valence-corrected chi connectivity index (χ1v) is 3.80. The van der Waals surface area contributed by atoms with Gasteiger partial charge in [0.05, 0.1) is 5.69 Å². The van der Waals surface area contributed by atoms with Crippen LogP contribution in [0.4, 0.5) is 5.69 Å². The van der Waals surface area contributed by atoms with Crippen LogP contribution in [0.25, 0.3) is 0 Å². The van der Waals surface area contributed by atoms with Crippen molar-refractivity contribution in [3.63, 3.8) is 0 Å². The molecule has 1 aromatic rings. The number of aromatic amines is 1. The summed E-state index contributed by atoms with van der Waals surface area (Å²) in [5, 5.41) is 0. The minimum absolute atomic E-state index is 0.0331. The Morgan fingerprint density at radius 2 is 2.18 bits per heavy atom. The maximum Gasteiger partial charge on any atom is 0.248 e. The Morgan fingerprint density at radius 1 is 1.36 bits per heavy atom. The van der Waals surface area contributed by atoms with E-state index >= 15 is 0 Å². The summed E-state index contributed by atoms with van der Waals surface area (Å²) in [6, 6.07) is 3.42. The smallest absolute Gasteiger partial charge is 0.248 e. The van der Waals surface area contributed by atoms with Crippen molar-refractivity contribution >= 4 is 5.69 Å². The molecule has 0 saturated carbocycles. The maximum atomic E-state index is 10.7. The Balaban J connectivity index is 2.25. The lowest BCUT2D eigenvalue weighted by Gasteiger charge is -2.32. The second-order valence-electron chi connectivity index (χ2n) is 2.75. The summed E-state index contributed by atoms with van der Waals surface area (Å²) in [5.74, 6) is 0. The van der Waals surface area contributed by atoms with Gasteiger partial charge in [0.15, 0.2) is 0 Å². The molecule has 2 rings (SSSR count). The largest absolute Gasteiger partial charge is 0.370 e. The van der Waals surface area contributed by atoms with E-state index in [1.807, 2.05) is 6.07 Å². The van der Waals surface area contributed by atoms with Gasteiger partial charge in [-0.3, -0.25) is 4.79 Å². The zero-order chi connectivity index (χ0) is 7.68. The van der Waals surface area contributed by atoms with Crippen LogP contribution in [0, 0.1) is 0 Å². The summed E-state index contributed by atoms with van der Waals surface area (Å²) < 4.78 is 0. The first-order chi connectivity index (χ1) is 5.36. The minimum Gasteiger partial charge on any atom is -0.370 e. The lowest BCUT2D eigenvalue weighted by atomic mass is 10.2. The molecule has 3 nitrogen and oxygen atoms in total. The topological polar surface area (TPSA) is 36.1 Å². The van der Waals surface area contributed by atoms with Crippen molar-refractivity contribution in [3.8, 4) is 0 Å². The predicted octanol–water partition coefficient (Wildman–Crippen LogP) is 0.585. The lowest BCUT2D eigenvalue weighted by molar-refractivity contribution is 0.616. The molecular weight excluding hydrogens is 140 g/mol. The van der Waals surface area contributed by atoms with Gasteiger partial charge >= 0.3 is 0 Å². The summed E-state index contributed by atoms with van der Waals surface area (Å²) in [5.41, 5.74) is 1.09. The molecule has 0 bridgehead atoms. The molecule has 0 unspecified atom stereocenters. The molecular formula is C8H10N2O. The second-order valence-corrected chi connectivity index (χ2v) is 2.75. The van der Waals surface area contributed by atoms with Gasteiger partial charge in [-0.05, 0) is 12.5 Å². The highest BCUT2D eigenvalue weighted by molar-refractivity contribution is 5.45. The van der Waals surface area contributed by atoms with Gasteiger partial charge in [-0.2, -0.15) is 0 Å². The van der Waals surface area contributed by atoms with Crippen molar-refractivity contribution in [3.05, 3.63) is 28.7 Å². The minimum atomic E-state index is -0.0331. The Morgan fingerprint density at radius 3 is 2.64 bits per heavy atom. The quantitative estimate of drug-likeness (QED) is 0.635. The van der Waals surface area contributed by atoms with Crippen molar-refractivity contribution < 1.29 is 0 Å². The van der Waals surface area contributed by atoms with Crippen molar-refractivity contribution in [1.29, 1.82) is 0 Å². The Kier molecular flexibility index (Phi) is 1.42. The number of nitrogens with one attached hydrogen (secondary N) is 1. The zero-order valence-corrected chi connectivity index (χ0v) is 6.21. The molecule has 1 aromatic heterocycles. The van der Waals surface area contributed by atoms with Gasteiger partial charge in [-0.1, -0.05) is 0 Å². The number of hydrogen-bond donors (Lipinski definition) is 1. The molecule has 0 radical (unpaired) electrons. The molecule has 2 heterocycles. The van der Waals surface area contributed by atoms with Crippen LogP contribution in [-0.2, 0) is 0 Å². The number of rotatable bonds is 1. The second kappa shape index (κ2) is 2.42. The average molecular weight is 150 g/mol. The van der Waals surface area contributed by atoms with Crippen LogP contribution in [0.2, 0.25) is 0 Å². The fourth-order valence-electron chi connectivity index (χ4n) is 1.17. The van der Waals surface area contributed by atoms with Gasteiger partial charge < -0.3 is 9.88 Å². The normalized spacial score (nSPS) is 16.2. The summed E-state index contributed by atoms with van der Waals surface area (Å²) >= 11 is 0. The van der Waals surface area contributed by atoms with E-state index in [1.54, 1.807) is 12.3 Å². The average Bonchev–Trinajstić information content (AvgIpc) is 1.90. The number of H-pyrrole nitrogens is 1. The van der Waals surface area contributed by atoms with Crippen molar-refractivity contribution in [2.45, 2.75) is 6.42 Å². The first kappa shape index (κ1) is 6.46. The van der Waals surface area contributed by atoms with Gasteiger partial charge in [0.25, 0.3) is 0 Å².